The quantitative estimate of drug-likeness (QED) is 0.857. The summed E-state index contributed by atoms with van der Waals surface area (Å²) < 4.78 is 1.07. The first kappa shape index (κ1) is 14.8. The van der Waals surface area contributed by atoms with E-state index in [1.165, 1.54) is 5.56 Å². The molecular weight excluding hydrogens is 292 g/mol. The molecule has 0 saturated heterocycles. The van der Waals surface area contributed by atoms with Crippen LogP contribution in [0.4, 0.5) is 4.79 Å². The van der Waals surface area contributed by atoms with E-state index in [4.69, 9.17) is 0 Å². The second-order valence-corrected chi connectivity index (χ2v) is 5.04. The molecule has 0 bridgehead atoms. The van der Waals surface area contributed by atoms with Crippen LogP contribution in [0, 0.1) is 0 Å². The van der Waals surface area contributed by atoms with Gasteiger partial charge in [0.1, 0.15) is 0 Å². The van der Waals surface area contributed by atoms with Crippen molar-refractivity contribution in [3.05, 3.63) is 46.1 Å². The van der Waals surface area contributed by atoms with E-state index in [1.54, 1.807) is 6.20 Å². The number of benzene rings is 1. The van der Waals surface area contributed by atoms with Gasteiger partial charge in [0.2, 0.25) is 0 Å². The van der Waals surface area contributed by atoms with Crippen molar-refractivity contribution in [2.24, 2.45) is 0 Å². The standard InChI is InChI=1S/C14H19BrN2O/c1-3-11(2)10-17-14(18)16-9-8-12-4-6-13(15)7-5-12/h4-7,10H,3,8-9H2,1-2H3,(H2,16,17,18)/b11-10+. The van der Waals surface area contributed by atoms with Crippen LogP contribution >= 0.6 is 15.9 Å². The third-order valence-corrected chi connectivity index (χ3v) is 3.15. The van der Waals surface area contributed by atoms with Gasteiger partial charge in [0.05, 0.1) is 0 Å². The summed E-state index contributed by atoms with van der Waals surface area (Å²) >= 11 is 3.39. The van der Waals surface area contributed by atoms with Crippen LogP contribution in [0.1, 0.15) is 25.8 Å². The molecule has 98 valence electrons. The van der Waals surface area contributed by atoms with Crippen molar-refractivity contribution >= 4 is 22.0 Å². The molecule has 0 spiro atoms. The minimum Gasteiger partial charge on any atom is -0.338 e. The van der Waals surface area contributed by atoms with Crippen LogP contribution < -0.4 is 10.6 Å². The highest BCUT2D eigenvalue weighted by Gasteiger charge is 1.98. The number of carbonyl (C=O) groups is 1. The summed E-state index contributed by atoms with van der Waals surface area (Å²) in [7, 11) is 0. The van der Waals surface area contributed by atoms with Crippen molar-refractivity contribution in [3.63, 3.8) is 0 Å². The maximum absolute atomic E-state index is 11.4. The van der Waals surface area contributed by atoms with E-state index < -0.39 is 0 Å². The first-order valence-corrected chi connectivity index (χ1v) is 6.85. The fraction of sp³-hybridized carbons (Fsp3) is 0.357. The van der Waals surface area contributed by atoms with Crippen molar-refractivity contribution in [2.45, 2.75) is 26.7 Å². The molecule has 0 unspecified atom stereocenters. The molecule has 0 aliphatic carbocycles. The normalized spacial score (nSPS) is 11.2. The van der Waals surface area contributed by atoms with Gasteiger partial charge >= 0.3 is 6.03 Å². The van der Waals surface area contributed by atoms with Gasteiger partial charge < -0.3 is 10.6 Å². The molecule has 0 heterocycles. The Morgan fingerprint density at radius 2 is 2.00 bits per heavy atom. The molecule has 18 heavy (non-hydrogen) atoms. The molecule has 1 aromatic rings. The molecule has 1 rings (SSSR count). The maximum Gasteiger partial charge on any atom is 0.318 e. The number of carbonyl (C=O) groups excluding carboxylic acids is 1. The van der Waals surface area contributed by atoms with E-state index >= 15 is 0 Å². The van der Waals surface area contributed by atoms with Crippen molar-refractivity contribution in [1.82, 2.24) is 10.6 Å². The van der Waals surface area contributed by atoms with E-state index in [0.717, 1.165) is 22.9 Å². The lowest BCUT2D eigenvalue weighted by atomic mass is 10.1. The van der Waals surface area contributed by atoms with E-state index in [0.29, 0.717) is 6.54 Å². The number of nitrogens with one attached hydrogen (secondary N) is 2. The molecule has 0 aliphatic rings. The summed E-state index contributed by atoms with van der Waals surface area (Å²) in [5.74, 6) is 0. The van der Waals surface area contributed by atoms with Crippen LogP contribution in [-0.2, 0) is 6.42 Å². The molecular formula is C14H19BrN2O. The van der Waals surface area contributed by atoms with E-state index in [2.05, 4.69) is 33.5 Å². The van der Waals surface area contributed by atoms with Gasteiger partial charge in [-0.2, -0.15) is 0 Å². The van der Waals surface area contributed by atoms with E-state index in [1.807, 2.05) is 31.2 Å². The molecule has 2 amide bonds. The molecule has 3 nitrogen and oxygen atoms in total. The zero-order valence-electron chi connectivity index (χ0n) is 10.8. The Kier molecular flexibility index (Phi) is 6.50. The molecule has 2 N–H and O–H groups in total. The molecule has 1 aromatic carbocycles. The van der Waals surface area contributed by atoms with Crippen LogP contribution in [0.5, 0.6) is 0 Å². The summed E-state index contributed by atoms with van der Waals surface area (Å²) in [5, 5.41) is 5.53. The Morgan fingerprint density at radius 1 is 1.33 bits per heavy atom. The summed E-state index contributed by atoms with van der Waals surface area (Å²) in [6.07, 6.45) is 3.52. The minimum absolute atomic E-state index is 0.153. The molecule has 4 heteroatoms. The first-order valence-electron chi connectivity index (χ1n) is 6.06. The number of hydrogen-bond donors (Lipinski definition) is 2. The van der Waals surface area contributed by atoms with Crippen LogP contribution in [0.25, 0.3) is 0 Å². The average molecular weight is 311 g/mol. The molecule has 0 fully saturated rings. The van der Waals surface area contributed by atoms with Gasteiger partial charge in [0.25, 0.3) is 0 Å². The lowest BCUT2D eigenvalue weighted by Crippen LogP contribution is -2.33. The molecule has 0 radical (unpaired) electrons. The Hall–Kier alpha value is -1.29. The lowest BCUT2D eigenvalue weighted by Gasteiger charge is -2.05. The Morgan fingerprint density at radius 3 is 2.61 bits per heavy atom. The number of halogens is 1. The highest BCUT2D eigenvalue weighted by Crippen LogP contribution is 2.10. The number of allylic oxidation sites excluding steroid dienone is 1. The fourth-order valence-corrected chi connectivity index (χ4v) is 1.58. The Balaban J connectivity index is 2.25. The van der Waals surface area contributed by atoms with Gasteiger partial charge in [-0.25, -0.2) is 4.79 Å². The maximum atomic E-state index is 11.4. The summed E-state index contributed by atoms with van der Waals surface area (Å²) in [5.41, 5.74) is 2.36. The molecule has 0 atom stereocenters. The largest absolute Gasteiger partial charge is 0.338 e. The molecule has 0 saturated carbocycles. The second-order valence-electron chi connectivity index (χ2n) is 4.12. The zero-order chi connectivity index (χ0) is 13.4. The second kappa shape index (κ2) is 7.93. The lowest BCUT2D eigenvalue weighted by molar-refractivity contribution is 0.244. The van der Waals surface area contributed by atoms with Crippen LogP contribution in [0.3, 0.4) is 0 Å². The predicted octanol–water partition coefficient (Wildman–Crippen LogP) is 3.60. The fourth-order valence-electron chi connectivity index (χ4n) is 1.31. The molecule has 0 aromatic heterocycles. The van der Waals surface area contributed by atoms with Gasteiger partial charge in [-0.3, -0.25) is 0 Å². The van der Waals surface area contributed by atoms with Crippen LogP contribution in [-0.4, -0.2) is 12.6 Å². The summed E-state index contributed by atoms with van der Waals surface area (Å²) in [4.78, 5) is 11.4. The summed E-state index contributed by atoms with van der Waals surface area (Å²) in [6, 6.07) is 7.95. The SMILES string of the molecule is CC/C(C)=C/NC(=O)NCCc1ccc(Br)cc1. The average Bonchev–Trinajstić information content (AvgIpc) is 2.38. The minimum atomic E-state index is -0.153. The third-order valence-electron chi connectivity index (χ3n) is 2.62. The topological polar surface area (TPSA) is 41.1 Å². The zero-order valence-corrected chi connectivity index (χ0v) is 12.4. The van der Waals surface area contributed by atoms with Gasteiger partial charge in [0, 0.05) is 17.2 Å². The van der Waals surface area contributed by atoms with Crippen LogP contribution in [0.15, 0.2) is 40.5 Å². The van der Waals surface area contributed by atoms with E-state index in [-0.39, 0.29) is 6.03 Å². The van der Waals surface area contributed by atoms with Gasteiger partial charge in [-0.1, -0.05) is 40.6 Å². The third kappa shape index (κ3) is 5.87. The smallest absolute Gasteiger partial charge is 0.318 e. The van der Waals surface area contributed by atoms with Crippen molar-refractivity contribution in [1.29, 1.82) is 0 Å². The summed E-state index contributed by atoms with van der Waals surface area (Å²) in [6.45, 7) is 4.67. The number of amides is 2. The van der Waals surface area contributed by atoms with Gasteiger partial charge in [-0.05, 0) is 37.5 Å². The van der Waals surface area contributed by atoms with E-state index in [9.17, 15) is 4.79 Å². The van der Waals surface area contributed by atoms with Crippen molar-refractivity contribution in [2.75, 3.05) is 6.54 Å². The van der Waals surface area contributed by atoms with Gasteiger partial charge in [0.15, 0.2) is 0 Å². The first-order chi connectivity index (χ1) is 8.61. The monoisotopic (exact) mass is 310 g/mol. The van der Waals surface area contributed by atoms with Gasteiger partial charge in [-0.15, -0.1) is 0 Å². The van der Waals surface area contributed by atoms with Crippen molar-refractivity contribution in [3.8, 4) is 0 Å². The Labute approximate surface area is 117 Å². The number of urea groups is 1. The van der Waals surface area contributed by atoms with Crippen LogP contribution in [0.2, 0.25) is 0 Å². The Bertz CT molecular complexity index is 412. The number of hydrogen-bond acceptors (Lipinski definition) is 1. The number of rotatable bonds is 5. The highest BCUT2D eigenvalue weighted by molar-refractivity contribution is 9.10. The predicted molar refractivity (Wildman–Crippen MR) is 78.4 cm³/mol. The highest BCUT2D eigenvalue weighted by atomic mass is 79.9. The van der Waals surface area contributed by atoms with Crippen molar-refractivity contribution < 1.29 is 4.79 Å². The molecule has 0 aliphatic heterocycles.